The van der Waals surface area contributed by atoms with E-state index in [9.17, 15) is 8.42 Å². The highest BCUT2D eigenvalue weighted by molar-refractivity contribution is 7.92. The summed E-state index contributed by atoms with van der Waals surface area (Å²) >= 11 is 23.3. The molecule has 0 spiro atoms. The molecule has 0 atom stereocenters. The van der Waals surface area contributed by atoms with Crippen molar-refractivity contribution in [2.45, 2.75) is 4.90 Å². The fourth-order valence-corrected chi connectivity index (χ4v) is 3.84. The topological polar surface area (TPSA) is 46.2 Å². The molecule has 0 bridgehead atoms. The summed E-state index contributed by atoms with van der Waals surface area (Å²) in [6.07, 6.45) is 0. The molecule has 3 nitrogen and oxygen atoms in total. The van der Waals surface area contributed by atoms with Crippen LogP contribution in [0.25, 0.3) is 0 Å². The van der Waals surface area contributed by atoms with Crippen LogP contribution in [0.4, 0.5) is 5.69 Å². The van der Waals surface area contributed by atoms with Crippen LogP contribution in [0.5, 0.6) is 0 Å². The Bertz CT molecular complexity index is 742. The largest absolute Gasteiger partial charge is 0.279 e. The zero-order chi connectivity index (χ0) is 14.9. The molecule has 20 heavy (non-hydrogen) atoms. The number of halogens is 4. The molecule has 0 aromatic heterocycles. The van der Waals surface area contributed by atoms with Crippen molar-refractivity contribution in [1.82, 2.24) is 0 Å². The lowest BCUT2D eigenvalue weighted by Crippen LogP contribution is -2.13. The number of nitrogens with one attached hydrogen (secondary N) is 1. The Morgan fingerprint density at radius 1 is 0.800 bits per heavy atom. The second kappa shape index (κ2) is 6.00. The molecule has 0 fully saturated rings. The van der Waals surface area contributed by atoms with E-state index in [1.807, 2.05) is 0 Å². The molecule has 0 heterocycles. The van der Waals surface area contributed by atoms with Crippen LogP contribution < -0.4 is 4.72 Å². The van der Waals surface area contributed by atoms with Crippen molar-refractivity contribution >= 4 is 62.1 Å². The van der Waals surface area contributed by atoms with Gasteiger partial charge in [0.2, 0.25) is 0 Å². The van der Waals surface area contributed by atoms with Crippen LogP contribution in [-0.4, -0.2) is 8.42 Å². The first-order valence-corrected chi connectivity index (χ1v) is 8.21. The molecule has 0 aliphatic rings. The predicted octanol–water partition coefficient (Wildman–Crippen LogP) is 5.10. The van der Waals surface area contributed by atoms with Gasteiger partial charge in [-0.25, -0.2) is 8.42 Å². The first-order chi connectivity index (χ1) is 9.28. The summed E-state index contributed by atoms with van der Waals surface area (Å²) in [6.45, 7) is 0. The van der Waals surface area contributed by atoms with Crippen LogP contribution in [0.2, 0.25) is 20.1 Å². The number of benzene rings is 2. The summed E-state index contributed by atoms with van der Waals surface area (Å²) in [5.74, 6) is 0. The van der Waals surface area contributed by atoms with E-state index in [-0.39, 0.29) is 20.6 Å². The molecule has 0 aliphatic carbocycles. The van der Waals surface area contributed by atoms with Crippen LogP contribution in [0, 0.1) is 0 Å². The fourth-order valence-electron chi connectivity index (χ4n) is 1.51. The fraction of sp³-hybridized carbons (Fsp3) is 0. The molecule has 106 valence electrons. The molecule has 2 rings (SSSR count). The van der Waals surface area contributed by atoms with Crippen LogP contribution in [0.1, 0.15) is 0 Å². The highest BCUT2D eigenvalue weighted by Gasteiger charge is 2.19. The SMILES string of the molecule is O=S(=O)(Nc1cc(Cl)cc(Cl)c1)c1cc(Cl)ccc1Cl. The zero-order valence-corrected chi connectivity index (χ0v) is 13.5. The zero-order valence-electron chi connectivity index (χ0n) is 9.70. The van der Waals surface area contributed by atoms with Crippen LogP contribution in [0.15, 0.2) is 41.3 Å². The Hall–Kier alpha value is -0.650. The molecule has 2 aromatic rings. The van der Waals surface area contributed by atoms with Gasteiger partial charge in [0.25, 0.3) is 10.0 Å². The Morgan fingerprint density at radius 2 is 1.40 bits per heavy atom. The monoisotopic (exact) mass is 369 g/mol. The normalized spacial score (nSPS) is 11.4. The average molecular weight is 371 g/mol. The molecule has 0 saturated heterocycles. The Morgan fingerprint density at radius 3 is 2.00 bits per heavy atom. The molecule has 0 radical (unpaired) electrons. The van der Waals surface area contributed by atoms with Crippen molar-refractivity contribution in [2.75, 3.05) is 4.72 Å². The van der Waals surface area contributed by atoms with Crippen molar-refractivity contribution < 1.29 is 8.42 Å². The third-order valence-corrected chi connectivity index (χ3v) is 4.83. The van der Waals surface area contributed by atoms with Gasteiger partial charge in [-0.1, -0.05) is 46.4 Å². The van der Waals surface area contributed by atoms with Gasteiger partial charge >= 0.3 is 0 Å². The molecule has 1 N–H and O–H groups in total. The first-order valence-electron chi connectivity index (χ1n) is 5.22. The van der Waals surface area contributed by atoms with Crippen molar-refractivity contribution in [3.8, 4) is 0 Å². The summed E-state index contributed by atoms with van der Waals surface area (Å²) < 4.78 is 26.9. The maximum atomic E-state index is 12.3. The number of sulfonamides is 1. The van der Waals surface area contributed by atoms with E-state index >= 15 is 0 Å². The lowest BCUT2D eigenvalue weighted by atomic mass is 10.3. The minimum atomic E-state index is -3.88. The standard InChI is InChI=1S/C12H7Cl4NO2S/c13-7-1-2-11(16)12(6-7)20(18,19)17-10-4-8(14)3-9(15)5-10/h1-6,17H. The number of anilines is 1. The minimum absolute atomic E-state index is 0.0648. The van der Waals surface area contributed by atoms with Crippen molar-refractivity contribution in [3.63, 3.8) is 0 Å². The van der Waals surface area contributed by atoms with E-state index in [0.717, 1.165) is 0 Å². The molecule has 0 amide bonds. The summed E-state index contributed by atoms with van der Waals surface area (Å²) in [7, 11) is -3.88. The van der Waals surface area contributed by atoms with Gasteiger partial charge in [0.1, 0.15) is 4.90 Å². The van der Waals surface area contributed by atoms with Gasteiger partial charge in [0, 0.05) is 15.1 Å². The maximum absolute atomic E-state index is 12.3. The molecule has 8 heteroatoms. The molecule has 0 aliphatic heterocycles. The lowest BCUT2D eigenvalue weighted by Gasteiger charge is -2.10. The van der Waals surface area contributed by atoms with Gasteiger partial charge in [-0.3, -0.25) is 4.72 Å². The Kier molecular flexibility index (Phi) is 4.72. The first kappa shape index (κ1) is 15.7. The summed E-state index contributed by atoms with van der Waals surface area (Å²) in [6, 6.07) is 8.53. The maximum Gasteiger partial charge on any atom is 0.263 e. The van der Waals surface area contributed by atoms with Gasteiger partial charge in [0.15, 0.2) is 0 Å². The summed E-state index contributed by atoms with van der Waals surface area (Å²) in [4.78, 5) is -0.122. The van der Waals surface area contributed by atoms with E-state index in [1.165, 1.54) is 36.4 Å². The Labute approximate surface area is 136 Å². The highest BCUT2D eigenvalue weighted by atomic mass is 35.5. The number of hydrogen-bond acceptors (Lipinski definition) is 2. The molecule has 0 unspecified atom stereocenters. The third kappa shape index (κ3) is 3.71. The van der Waals surface area contributed by atoms with Crippen molar-refractivity contribution in [1.29, 1.82) is 0 Å². The van der Waals surface area contributed by atoms with E-state index < -0.39 is 10.0 Å². The smallest absolute Gasteiger partial charge is 0.263 e. The molecular formula is C12H7Cl4NO2S. The minimum Gasteiger partial charge on any atom is -0.279 e. The number of rotatable bonds is 3. The van der Waals surface area contributed by atoms with Gasteiger partial charge in [-0.15, -0.1) is 0 Å². The van der Waals surface area contributed by atoms with Gasteiger partial charge in [-0.2, -0.15) is 0 Å². The van der Waals surface area contributed by atoms with E-state index in [4.69, 9.17) is 46.4 Å². The second-order valence-electron chi connectivity index (χ2n) is 3.84. The predicted molar refractivity (Wildman–Crippen MR) is 83.7 cm³/mol. The quantitative estimate of drug-likeness (QED) is 0.816. The third-order valence-electron chi connectivity index (χ3n) is 2.30. The van der Waals surface area contributed by atoms with Crippen LogP contribution >= 0.6 is 46.4 Å². The van der Waals surface area contributed by atoms with Gasteiger partial charge in [-0.05, 0) is 36.4 Å². The highest BCUT2D eigenvalue weighted by Crippen LogP contribution is 2.28. The summed E-state index contributed by atoms with van der Waals surface area (Å²) in [5, 5.41) is 0.953. The Balaban J connectivity index is 2.43. The molecular weight excluding hydrogens is 364 g/mol. The van der Waals surface area contributed by atoms with Gasteiger partial charge < -0.3 is 0 Å². The van der Waals surface area contributed by atoms with E-state index in [1.54, 1.807) is 0 Å². The van der Waals surface area contributed by atoms with E-state index in [2.05, 4.69) is 4.72 Å². The van der Waals surface area contributed by atoms with E-state index in [0.29, 0.717) is 10.0 Å². The second-order valence-corrected chi connectivity index (χ2v) is 7.21. The molecule has 0 saturated carbocycles. The van der Waals surface area contributed by atoms with Crippen molar-refractivity contribution in [2.24, 2.45) is 0 Å². The average Bonchev–Trinajstić information content (AvgIpc) is 2.30. The number of hydrogen-bond donors (Lipinski definition) is 1. The lowest BCUT2D eigenvalue weighted by molar-refractivity contribution is 0.601. The van der Waals surface area contributed by atoms with Crippen LogP contribution in [-0.2, 0) is 10.0 Å². The van der Waals surface area contributed by atoms with Gasteiger partial charge in [0.05, 0.1) is 10.7 Å². The summed E-state index contributed by atoms with van der Waals surface area (Å²) in [5.41, 5.74) is 0.235. The van der Waals surface area contributed by atoms with Crippen molar-refractivity contribution in [3.05, 3.63) is 56.5 Å². The molecule has 2 aromatic carbocycles. The van der Waals surface area contributed by atoms with Crippen LogP contribution in [0.3, 0.4) is 0 Å².